The molecule has 3 N–H and O–H groups in total. The van der Waals surface area contributed by atoms with Gasteiger partial charge >= 0.3 is 6.03 Å². The van der Waals surface area contributed by atoms with Crippen LogP contribution in [0.3, 0.4) is 0 Å². The molecule has 1 spiro atoms. The number of rotatable bonds is 6. The average Bonchev–Trinajstić information content (AvgIpc) is 3.15. The Kier molecular flexibility index (Phi) is 5.38. The van der Waals surface area contributed by atoms with E-state index in [2.05, 4.69) is 10.6 Å². The number of nitrogens with zero attached hydrogens (tertiary/aromatic N) is 1. The first-order chi connectivity index (χ1) is 12.4. The predicted molar refractivity (Wildman–Crippen MR) is 97.2 cm³/mol. The summed E-state index contributed by atoms with van der Waals surface area (Å²) in [6.07, 6.45) is -0.379. The SMILES string of the molecule is CC(=O)Nc1ccc(OCC(O)CN2C(=O)NC3(CCSC3)C2=O)cc1. The monoisotopic (exact) mass is 379 g/mol. The summed E-state index contributed by atoms with van der Waals surface area (Å²) in [7, 11) is 0. The van der Waals surface area contributed by atoms with E-state index in [0.717, 1.165) is 10.7 Å². The maximum atomic E-state index is 12.5. The van der Waals surface area contributed by atoms with E-state index in [9.17, 15) is 19.5 Å². The van der Waals surface area contributed by atoms with Gasteiger partial charge < -0.3 is 20.5 Å². The Hall–Kier alpha value is -2.26. The van der Waals surface area contributed by atoms with Crippen molar-refractivity contribution in [3.05, 3.63) is 24.3 Å². The largest absolute Gasteiger partial charge is 0.491 e. The molecule has 140 valence electrons. The van der Waals surface area contributed by atoms with Crippen molar-refractivity contribution in [2.45, 2.75) is 25.0 Å². The molecule has 2 heterocycles. The normalized spacial score (nSPS) is 23.2. The molecule has 2 aliphatic rings. The van der Waals surface area contributed by atoms with Crippen molar-refractivity contribution in [2.24, 2.45) is 0 Å². The summed E-state index contributed by atoms with van der Waals surface area (Å²) in [4.78, 5) is 36.6. The van der Waals surface area contributed by atoms with E-state index in [-0.39, 0.29) is 25.0 Å². The van der Waals surface area contributed by atoms with Gasteiger partial charge in [0.1, 0.15) is 24.0 Å². The summed E-state index contributed by atoms with van der Waals surface area (Å²) in [6, 6.07) is 6.23. The Morgan fingerprint density at radius 1 is 1.42 bits per heavy atom. The molecule has 0 radical (unpaired) electrons. The number of ether oxygens (including phenoxy) is 1. The molecule has 2 unspecified atom stereocenters. The Morgan fingerprint density at radius 2 is 2.15 bits per heavy atom. The molecule has 1 aromatic carbocycles. The van der Waals surface area contributed by atoms with Crippen molar-refractivity contribution in [2.75, 3.05) is 30.0 Å². The van der Waals surface area contributed by atoms with Crippen LogP contribution < -0.4 is 15.4 Å². The zero-order valence-corrected chi connectivity index (χ0v) is 15.2. The van der Waals surface area contributed by atoms with E-state index >= 15 is 0 Å². The number of carbonyl (C=O) groups is 3. The van der Waals surface area contributed by atoms with Crippen LogP contribution in [-0.4, -0.2) is 64.2 Å². The van der Waals surface area contributed by atoms with E-state index in [1.807, 2.05) is 0 Å². The van der Waals surface area contributed by atoms with Crippen molar-refractivity contribution < 1.29 is 24.2 Å². The maximum absolute atomic E-state index is 12.5. The zero-order valence-electron chi connectivity index (χ0n) is 14.4. The first kappa shape index (κ1) is 18.5. The number of amides is 4. The van der Waals surface area contributed by atoms with Crippen molar-refractivity contribution in [3.8, 4) is 5.75 Å². The quantitative estimate of drug-likeness (QED) is 0.632. The van der Waals surface area contributed by atoms with Gasteiger partial charge in [0.15, 0.2) is 0 Å². The van der Waals surface area contributed by atoms with Crippen LogP contribution in [0.15, 0.2) is 24.3 Å². The predicted octanol–water partition coefficient (Wildman–Crippen LogP) is 0.812. The van der Waals surface area contributed by atoms with E-state index in [0.29, 0.717) is 23.6 Å². The van der Waals surface area contributed by atoms with E-state index < -0.39 is 17.7 Å². The Labute approximate surface area is 155 Å². The summed E-state index contributed by atoms with van der Waals surface area (Å²) >= 11 is 1.63. The van der Waals surface area contributed by atoms with Crippen molar-refractivity contribution in [3.63, 3.8) is 0 Å². The van der Waals surface area contributed by atoms with Gasteiger partial charge in [-0.15, -0.1) is 0 Å². The Balaban J connectivity index is 1.51. The molecule has 2 saturated heterocycles. The number of anilines is 1. The van der Waals surface area contributed by atoms with Crippen molar-refractivity contribution >= 4 is 35.3 Å². The molecule has 2 fully saturated rings. The number of urea groups is 1. The van der Waals surface area contributed by atoms with Crippen LogP contribution in [0.4, 0.5) is 10.5 Å². The molecule has 0 saturated carbocycles. The molecule has 0 aliphatic carbocycles. The number of aliphatic hydroxyl groups is 1. The number of hydrogen-bond donors (Lipinski definition) is 3. The third kappa shape index (κ3) is 3.94. The van der Waals surface area contributed by atoms with Crippen molar-refractivity contribution in [1.29, 1.82) is 0 Å². The number of aliphatic hydroxyl groups excluding tert-OH is 1. The lowest BCUT2D eigenvalue weighted by Gasteiger charge is -2.21. The van der Waals surface area contributed by atoms with Crippen LogP contribution >= 0.6 is 11.8 Å². The van der Waals surface area contributed by atoms with Gasteiger partial charge in [-0.2, -0.15) is 11.8 Å². The zero-order chi connectivity index (χ0) is 18.7. The molecule has 26 heavy (non-hydrogen) atoms. The first-order valence-electron chi connectivity index (χ1n) is 8.30. The second-order valence-electron chi connectivity index (χ2n) is 6.40. The fourth-order valence-electron chi connectivity index (χ4n) is 2.97. The molecule has 2 atom stereocenters. The molecular weight excluding hydrogens is 358 g/mol. The smallest absolute Gasteiger partial charge is 0.325 e. The molecule has 3 rings (SSSR count). The maximum Gasteiger partial charge on any atom is 0.325 e. The number of nitrogens with one attached hydrogen (secondary N) is 2. The molecule has 4 amide bonds. The molecule has 0 bridgehead atoms. The number of thioether (sulfide) groups is 1. The molecular formula is C17H21N3O5S. The van der Waals surface area contributed by atoms with Crippen LogP contribution in [0.1, 0.15) is 13.3 Å². The topological polar surface area (TPSA) is 108 Å². The minimum absolute atomic E-state index is 0.0572. The van der Waals surface area contributed by atoms with Crippen LogP contribution in [0.5, 0.6) is 5.75 Å². The first-order valence-corrected chi connectivity index (χ1v) is 9.45. The molecule has 1 aromatic rings. The highest BCUT2D eigenvalue weighted by atomic mass is 32.2. The van der Waals surface area contributed by atoms with E-state index in [1.165, 1.54) is 6.92 Å². The van der Waals surface area contributed by atoms with Crippen LogP contribution in [-0.2, 0) is 9.59 Å². The lowest BCUT2D eigenvalue weighted by molar-refractivity contribution is -0.131. The lowest BCUT2D eigenvalue weighted by Crippen LogP contribution is -2.47. The van der Waals surface area contributed by atoms with Gasteiger partial charge in [0, 0.05) is 18.4 Å². The van der Waals surface area contributed by atoms with Crippen molar-refractivity contribution in [1.82, 2.24) is 10.2 Å². The van der Waals surface area contributed by atoms with Gasteiger partial charge in [0.25, 0.3) is 5.91 Å². The van der Waals surface area contributed by atoms with Crippen LogP contribution in [0, 0.1) is 0 Å². The molecule has 9 heteroatoms. The number of benzene rings is 1. The highest BCUT2D eigenvalue weighted by Crippen LogP contribution is 2.33. The summed E-state index contributed by atoms with van der Waals surface area (Å²) in [6.45, 7) is 1.25. The fraction of sp³-hybridized carbons (Fsp3) is 0.471. The highest BCUT2D eigenvalue weighted by molar-refractivity contribution is 7.99. The van der Waals surface area contributed by atoms with Gasteiger partial charge in [-0.25, -0.2) is 4.79 Å². The number of carbonyl (C=O) groups excluding carboxylic acids is 3. The number of imide groups is 1. The van der Waals surface area contributed by atoms with Gasteiger partial charge in [0.05, 0.1) is 6.54 Å². The van der Waals surface area contributed by atoms with E-state index in [1.54, 1.807) is 36.0 Å². The second-order valence-corrected chi connectivity index (χ2v) is 7.51. The summed E-state index contributed by atoms with van der Waals surface area (Å²) in [5, 5.41) is 15.6. The third-order valence-electron chi connectivity index (χ3n) is 4.28. The number of hydrogen-bond acceptors (Lipinski definition) is 6. The molecule has 8 nitrogen and oxygen atoms in total. The lowest BCUT2D eigenvalue weighted by atomic mass is 9.99. The van der Waals surface area contributed by atoms with E-state index in [4.69, 9.17) is 4.74 Å². The Bertz CT molecular complexity index is 703. The summed E-state index contributed by atoms with van der Waals surface area (Å²) in [5.74, 6) is 1.48. The van der Waals surface area contributed by atoms with Gasteiger partial charge in [-0.05, 0) is 36.4 Å². The summed E-state index contributed by atoms with van der Waals surface area (Å²) in [5.41, 5.74) is -0.161. The third-order valence-corrected chi connectivity index (χ3v) is 5.47. The molecule has 2 aliphatic heterocycles. The second kappa shape index (κ2) is 7.55. The average molecular weight is 379 g/mol. The standard InChI is InChI=1S/C17H21N3O5S/c1-11(21)18-12-2-4-14(5-3-12)25-9-13(22)8-20-15(23)17(19-16(20)24)6-7-26-10-17/h2-5,13,22H,6-10H2,1H3,(H,18,21)(H,19,24). The molecule has 0 aromatic heterocycles. The summed E-state index contributed by atoms with van der Waals surface area (Å²) < 4.78 is 5.49. The van der Waals surface area contributed by atoms with Gasteiger partial charge in [0.2, 0.25) is 5.91 Å². The minimum Gasteiger partial charge on any atom is -0.491 e. The van der Waals surface area contributed by atoms with Gasteiger partial charge in [-0.3, -0.25) is 14.5 Å². The van der Waals surface area contributed by atoms with Crippen LogP contribution in [0.2, 0.25) is 0 Å². The van der Waals surface area contributed by atoms with Crippen LogP contribution in [0.25, 0.3) is 0 Å². The highest BCUT2D eigenvalue weighted by Gasteiger charge is 2.53. The fourth-order valence-corrected chi connectivity index (χ4v) is 4.29. The number of β-amino-alcohol motifs (C(OH)–C–C–N with tert-alkyl or cyclic N) is 1. The van der Waals surface area contributed by atoms with Gasteiger partial charge in [-0.1, -0.05) is 0 Å². The minimum atomic E-state index is -0.996. The Morgan fingerprint density at radius 3 is 2.77 bits per heavy atom.